The van der Waals surface area contributed by atoms with Gasteiger partial charge in [-0.1, -0.05) is 27.7 Å². The van der Waals surface area contributed by atoms with E-state index in [-0.39, 0.29) is 0 Å². The van der Waals surface area contributed by atoms with Crippen molar-refractivity contribution in [3.05, 3.63) is 0 Å². The zero-order chi connectivity index (χ0) is 12.5. The van der Waals surface area contributed by atoms with Gasteiger partial charge in [0.25, 0.3) is 0 Å². The van der Waals surface area contributed by atoms with Crippen molar-refractivity contribution >= 4 is 0 Å². The second-order valence-electron chi connectivity index (χ2n) is 7.82. The van der Waals surface area contributed by atoms with E-state index in [9.17, 15) is 0 Å². The highest BCUT2D eigenvalue weighted by Crippen LogP contribution is 2.45. The van der Waals surface area contributed by atoms with E-state index < -0.39 is 0 Å². The maximum atomic E-state index is 3.91. The fourth-order valence-corrected chi connectivity index (χ4v) is 4.29. The van der Waals surface area contributed by atoms with Gasteiger partial charge in [0.05, 0.1) is 0 Å². The Kier molecular flexibility index (Phi) is 3.84. The van der Waals surface area contributed by atoms with Crippen molar-refractivity contribution in [2.45, 2.75) is 71.9 Å². The van der Waals surface area contributed by atoms with Crippen LogP contribution < -0.4 is 10.6 Å². The molecule has 2 heteroatoms. The smallest absolute Gasteiger partial charge is 0.0195 e. The van der Waals surface area contributed by atoms with Gasteiger partial charge in [-0.3, -0.25) is 0 Å². The Bertz CT molecular complexity index is 236. The Morgan fingerprint density at radius 1 is 1.00 bits per heavy atom. The fourth-order valence-electron chi connectivity index (χ4n) is 4.29. The van der Waals surface area contributed by atoms with Gasteiger partial charge >= 0.3 is 0 Å². The van der Waals surface area contributed by atoms with Gasteiger partial charge in [0, 0.05) is 18.6 Å². The Morgan fingerprint density at radius 3 is 2.18 bits per heavy atom. The molecule has 0 amide bonds. The van der Waals surface area contributed by atoms with Gasteiger partial charge in [0.15, 0.2) is 0 Å². The molecule has 0 aromatic rings. The third-order valence-corrected chi connectivity index (χ3v) is 4.32. The van der Waals surface area contributed by atoms with Crippen LogP contribution in [0.25, 0.3) is 0 Å². The minimum absolute atomic E-state index is 0.502. The molecular formula is C15H30N2. The van der Waals surface area contributed by atoms with Crippen LogP contribution in [-0.2, 0) is 0 Å². The lowest BCUT2D eigenvalue weighted by Gasteiger charge is -2.46. The molecule has 0 bridgehead atoms. The normalized spacial score (nSPS) is 33.5. The highest BCUT2D eigenvalue weighted by molar-refractivity contribution is 4.93. The lowest BCUT2D eigenvalue weighted by Crippen LogP contribution is -2.51. The van der Waals surface area contributed by atoms with Crippen LogP contribution in [-0.4, -0.2) is 25.2 Å². The largest absolute Gasteiger partial charge is 0.315 e. The van der Waals surface area contributed by atoms with Gasteiger partial charge in [-0.05, 0) is 49.5 Å². The molecular weight excluding hydrogens is 208 g/mol. The quantitative estimate of drug-likeness (QED) is 0.773. The Labute approximate surface area is 107 Å². The maximum absolute atomic E-state index is 3.91. The summed E-state index contributed by atoms with van der Waals surface area (Å²) in [6, 6.07) is 1.43. The van der Waals surface area contributed by atoms with Crippen molar-refractivity contribution in [2.24, 2.45) is 10.8 Å². The highest BCUT2D eigenvalue weighted by Gasteiger charge is 2.38. The van der Waals surface area contributed by atoms with E-state index in [1.54, 1.807) is 0 Å². The van der Waals surface area contributed by atoms with Gasteiger partial charge in [-0.15, -0.1) is 0 Å². The summed E-state index contributed by atoms with van der Waals surface area (Å²) in [6.07, 6.45) is 6.72. The summed E-state index contributed by atoms with van der Waals surface area (Å²) in [7, 11) is 0. The summed E-state index contributed by atoms with van der Waals surface area (Å²) in [5, 5.41) is 7.41. The molecule has 17 heavy (non-hydrogen) atoms. The third kappa shape index (κ3) is 3.96. The summed E-state index contributed by atoms with van der Waals surface area (Å²) >= 11 is 0. The molecule has 0 aromatic carbocycles. The molecule has 0 aromatic heterocycles. The molecule has 1 atom stereocenters. The zero-order valence-corrected chi connectivity index (χ0v) is 12.1. The predicted octanol–water partition coefficient (Wildman–Crippen LogP) is 2.93. The predicted molar refractivity (Wildman–Crippen MR) is 74.2 cm³/mol. The highest BCUT2D eigenvalue weighted by atomic mass is 15.0. The van der Waals surface area contributed by atoms with Gasteiger partial charge in [0.2, 0.25) is 0 Å². The van der Waals surface area contributed by atoms with Gasteiger partial charge < -0.3 is 10.6 Å². The van der Waals surface area contributed by atoms with E-state index in [4.69, 9.17) is 0 Å². The molecule has 2 rings (SSSR count). The van der Waals surface area contributed by atoms with Crippen molar-refractivity contribution in [2.75, 3.05) is 13.1 Å². The Hall–Kier alpha value is -0.0800. The van der Waals surface area contributed by atoms with E-state index in [1.807, 2.05) is 0 Å². The molecule has 2 nitrogen and oxygen atoms in total. The van der Waals surface area contributed by atoms with E-state index in [2.05, 4.69) is 38.3 Å². The molecule has 1 aliphatic carbocycles. The summed E-state index contributed by atoms with van der Waals surface area (Å²) in [5.74, 6) is 0. The molecule has 1 heterocycles. The van der Waals surface area contributed by atoms with Crippen LogP contribution in [0.4, 0.5) is 0 Å². The first-order valence-corrected chi connectivity index (χ1v) is 7.33. The first-order chi connectivity index (χ1) is 7.86. The monoisotopic (exact) mass is 238 g/mol. The second kappa shape index (κ2) is 4.89. The van der Waals surface area contributed by atoms with Crippen molar-refractivity contribution in [3.8, 4) is 0 Å². The van der Waals surface area contributed by atoms with Crippen LogP contribution >= 0.6 is 0 Å². The van der Waals surface area contributed by atoms with Gasteiger partial charge in [-0.25, -0.2) is 0 Å². The molecule has 0 spiro atoms. The van der Waals surface area contributed by atoms with Crippen molar-refractivity contribution < 1.29 is 0 Å². The second-order valence-corrected chi connectivity index (χ2v) is 7.82. The average Bonchev–Trinajstić information content (AvgIpc) is 2.13. The lowest BCUT2D eigenvalue weighted by atomic mass is 9.63. The van der Waals surface area contributed by atoms with Crippen molar-refractivity contribution in [3.63, 3.8) is 0 Å². The van der Waals surface area contributed by atoms with Crippen molar-refractivity contribution in [1.82, 2.24) is 10.6 Å². The van der Waals surface area contributed by atoms with E-state index in [0.29, 0.717) is 16.9 Å². The SMILES string of the molecule is CC1(C)CC(NC2CCCNC2)CC(C)(C)C1. The minimum Gasteiger partial charge on any atom is -0.315 e. The average molecular weight is 238 g/mol. The molecule has 100 valence electrons. The summed E-state index contributed by atoms with van der Waals surface area (Å²) in [5.41, 5.74) is 1.00. The third-order valence-electron chi connectivity index (χ3n) is 4.32. The molecule has 2 N–H and O–H groups in total. The van der Waals surface area contributed by atoms with Crippen LogP contribution in [0.5, 0.6) is 0 Å². The van der Waals surface area contributed by atoms with Crippen LogP contribution in [0.15, 0.2) is 0 Å². The molecule has 2 fully saturated rings. The molecule has 0 radical (unpaired) electrons. The molecule has 1 unspecified atom stereocenters. The Morgan fingerprint density at radius 2 is 1.65 bits per heavy atom. The number of rotatable bonds is 2. The maximum Gasteiger partial charge on any atom is 0.0195 e. The first kappa shape index (κ1) is 13.4. The zero-order valence-electron chi connectivity index (χ0n) is 12.1. The van der Waals surface area contributed by atoms with E-state index in [1.165, 1.54) is 38.6 Å². The Balaban J connectivity index is 1.91. The fraction of sp³-hybridized carbons (Fsp3) is 1.00. The molecule has 2 aliphatic rings. The van der Waals surface area contributed by atoms with Crippen LogP contribution in [0.3, 0.4) is 0 Å². The molecule has 1 saturated carbocycles. The summed E-state index contributed by atoms with van der Waals surface area (Å²) in [4.78, 5) is 0. The number of nitrogens with one attached hydrogen (secondary N) is 2. The van der Waals surface area contributed by atoms with Crippen LogP contribution in [0.2, 0.25) is 0 Å². The molecule has 1 aliphatic heterocycles. The lowest BCUT2D eigenvalue weighted by molar-refractivity contribution is 0.0785. The summed E-state index contributed by atoms with van der Waals surface area (Å²) < 4.78 is 0. The van der Waals surface area contributed by atoms with E-state index >= 15 is 0 Å². The first-order valence-electron chi connectivity index (χ1n) is 7.33. The van der Waals surface area contributed by atoms with Crippen LogP contribution in [0, 0.1) is 10.8 Å². The number of hydrogen-bond donors (Lipinski definition) is 2. The minimum atomic E-state index is 0.502. The number of piperidine rings is 1. The molecule has 1 saturated heterocycles. The van der Waals surface area contributed by atoms with Crippen molar-refractivity contribution in [1.29, 1.82) is 0 Å². The number of hydrogen-bond acceptors (Lipinski definition) is 2. The standard InChI is InChI=1S/C15H30N2/c1-14(2)8-13(9-15(3,4)11-14)17-12-6-5-7-16-10-12/h12-13,16-17H,5-11H2,1-4H3. The topological polar surface area (TPSA) is 24.1 Å². The summed E-state index contributed by atoms with van der Waals surface area (Å²) in [6.45, 7) is 12.1. The van der Waals surface area contributed by atoms with Gasteiger partial charge in [-0.2, -0.15) is 0 Å². The van der Waals surface area contributed by atoms with Gasteiger partial charge in [0.1, 0.15) is 0 Å². The van der Waals surface area contributed by atoms with E-state index in [0.717, 1.165) is 12.6 Å². The van der Waals surface area contributed by atoms with Crippen LogP contribution in [0.1, 0.15) is 59.8 Å².